The van der Waals surface area contributed by atoms with Gasteiger partial charge in [0.2, 0.25) is 5.91 Å². The van der Waals surface area contributed by atoms with Crippen molar-refractivity contribution in [2.75, 3.05) is 12.3 Å². The van der Waals surface area contributed by atoms with Crippen molar-refractivity contribution in [1.82, 2.24) is 4.90 Å². The predicted molar refractivity (Wildman–Crippen MR) is 73.0 cm³/mol. The molecule has 1 heterocycles. The fraction of sp³-hybridized carbons (Fsp3) is 0.429. The Morgan fingerprint density at radius 3 is 2.83 bits per heavy atom. The second kappa shape index (κ2) is 5.92. The first kappa shape index (κ1) is 13.0. The summed E-state index contributed by atoms with van der Waals surface area (Å²) in [7, 11) is 0. The lowest BCUT2D eigenvalue weighted by Crippen LogP contribution is -2.33. The Bertz CT molecular complexity index is 455. The lowest BCUT2D eigenvalue weighted by molar-refractivity contribution is -0.127. The molecule has 18 heavy (non-hydrogen) atoms. The lowest BCUT2D eigenvalue weighted by atomic mass is 9.97. The van der Waals surface area contributed by atoms with Gasteiger partial charge in [-0.15, -0.1) is 11.8 Å². The summed E-state index contributed by atoms with van der Waals surface area (Å²) in [5.41, 5.74) is 1.04. The molecule has 1 saturated heterocycles. The van der Waals surface area contributed by atoms with E-state index in [2.05, 4.69) is 6.07 Å². The summed E-state index contributed by atoms with van der Waals surface area (Å²) >= 11 is 1.65. The van der Waals surface area contributed by atoms with Crippen LogP contribution >= 0.6 is 11.8 Å². The van der Waals surface area contributed by atoms with Crippen LogP contribution in [0.5, 0.6) is 0 Å². The minimum Gasteiger partial charge on any atom is -0.330 e. The van der Waals surface area contributed by atoms with Crippen LogP contribution < -0.4 is 0 Å². The molecule has 0 aliphatic carbocycles. The van der Waals surface area contributed by atoms with E-state index in [0.29, 0.717) is 12.2 Å². The van der Waals surface area contributed by atoms with Crippen LogP contribution in [0.15, 0.2) is 30.3 Å². The Morgan fingerprint density at radius 1 is 1.50 bits per heavy atom. The first-order valence-corrected chi connectivity index (χ1v) is 7.16. The Hall–Kier alpha value is -1.47. The monoisotopic (exact) mass is 260 g/mol. The fourth-order valence-electron chi connectivity index (χ4n) is 2.23. The smallest absolute Gasteiger partial charge is 0.233 e. The van der Waals surface area contributed by atoms with Gasteiger partial charge in [0.15, 0.2) is 0 Å². The van der Waals surface area contributed by atoms with Gasteiger partial charge in [0.1, 0.15) is 0 Å². The molecule has 1 aromatic carbocycles. The molecule has 0 saturated carbocycles. The lowest BCUT2D eigenvalue weighted by Gasteiger charge is -2.24. The third-order valence-electron chi connectivity index (χ3n) is 3.20. The van der Waals surface area contributed by atoms with Gasteiger partial charge in [0.05, 0.1) is 23.1 Å². The zero-order valence-electron chi connectivity index (χ0n) is 10.4. The van der Waals surface area contributed by atoms with E-state index in [-0.39, 0.29) is 17.2 Å². The second-order valence-electron chi connectivity index (χ2n) is 4.27. The maximum absolute atomic E-state index is 11.6. The Labute approximate surface area is 112 Å². The normalized spacial score (nSPS) is 20.8. The van der Waals surface area contributed by atoms with E-state index in [1.54, 1.807) is 11.8 Å². The molecule has 0 radical (unpaired) electrons. The van der Waals surface area contributed by atoms with Gasteiger partial charge in [-0.2, -0.15) is 5.26 Å². The van der Waals surface area contributed by atoms with Crippen molar-refractivity contribution in [1.29, 1.82) is 5.26 Å². The first-order chi connectivity index (χ1) is 8.76. The summed E-state index contributed by atoms with van der Waals surface area (Å²) in [6, 6.07) is 12.2. The number of hydrogen-bond donors (Lipinski definition) is 0. The number of nitriles is 1. The molecular formula is C14H16N2OS. The zero-order chi connectivity index (χ0) is 13.0. The molecule has 2 atom stereocenters. The van der Waals surface area contributed by atoms with Gasteiger partial charge in [-0.25, -0.2) is 0 Å². The van der Waals surface area contributed by atoms with Gasteiger partial charge < -0.3 is 4.90 Å². The van der Waals surface area contributed by atoms with Crippen molar-refractivity contribution in [3.05, 3.63) is 35.9 Å². The van der Waals surface area contributed by atoms with E-state index in [0.717, 1.165) is 12.1 Å². The van der Waals surface area contributed by atoms with Gasteiger partial charge in [-0.05, 0) is 18.9 Å². The number of amides is 1. The fourth-order valence-corrected chi connectivity index (χ4v) is 3.50. The number of rotatable bonds is 4. The SMILES string of the molecule is CCN1C(=O)CSC1CC(C#N)c1ccccc1. The van der Waals surface area contributed by atoms with Crippen molar-refractivity contribution in [3.8, 4) is 6.07 Å². The van der Waals surface area contributed by atoms with Gasteiger partial charge >= 0.3 is 0 Å². The molecule has 1 amide bonds. The molecule has 3 nitrogen and oxygen atoms in total. The summed E-state index contributed by atoms with van der Waals surface area (Å²) < 4.78 is 0. The molecule has 1 aromatic rings. The third kappa shape index (κ3) is 2.68. The molecule has 2 rings (SSSR count). The average Bonchev–Trinajstić information content (AvgIpc) is 2.77. The van der Waals surface area contributed by atoms with Crippen LogP contribution in [0.3, 0.4) is 0 Å². The topological polar surface area (TPSA) is 44.1 Å². The van der Waals surface area contributed by atoms with Crippen LogP contribution in [0.25, 0.3) is 0 Å². The number of hydrogen-bond acceptors (Lipinski definition) is 3. The van der Waals surface area contributed by atoms with Gasteiger partial charge in [0.25, 0.3) is 0 Å². The number of nitrogens with zero attached hydrogens (tertiary/aromatic N) is 2. The van der Waals surface area contributed by atoms with Crippen LogP contribution in [0.1, 0.15) is 24.8 Å². The van der Waals surface area contributed by atoms with Crippen LogP contribution in [0, 0.1) is 11.3 Å². The highest BCUT2D eigenvalue weighted by atomic mass is 32.2. The Balaban J connectivity index is 2.08. The van der Waals surface area contributed by atoms with E-state index >= 15 is 0 Å². The summed E-state index contributed by atoms with van der Waals surface area (Å²) in [6.07, 6.45) is 0.713. The van der Waals surface area contributed by atoms with Crippen molar-refractivity contribution in [3.63, 3.8) is 0 Å². The Kier molecular flexibility index (Phi) is 4.27. The van der Waals surface area contributed by atoms with Gasteiger partial charge in [-0.3, -0.25) is 4.79 Å². The largest absolute Gasteiger partial charge is 0.330 e. The Morgan fingerprint density at radius 2 is 2.22 bits per heavy atom. The number of carbonyl (C=O) groups is 1. The molecule has 0 bridgehead atoms. The highest BCUT2D eigenvalue weighted by Gasteiger charge is 2.32. The summed E-state index contributed by atoms with van der Waals surface area (Å²) in [5.74, 6) is 0.603. The minimum absolute atomic E-state index is 0.136. The van der Waals surface area contributed by atoms with Crippen molar-refractivity contribution < 1.29 is 4.79 Å². The molecular weight excluding hydrogens is 244 g/mol. The molecule has 0 aromatic heterocycles. The van der Waals surface area contributed by atoms with Crippen LogP contribution in [0.4, 0.5) is 0 Å². The van der Waals surface area contributed by atoms with Gasteiger partial charge in [0, 0.05) is 6.54 Å². The number of benzene rings is 1. The average molecular weight is 260 g/mol. The summed E-state index contributed by atoms with van der Waals surface area (Å²) in [5, 5.41) is 9.45. The van der Waals surface area contributed by atoms with Crippen molar-refractivity contribution in [2.45, 2.75) is 24.6 Å². The number of thioether (sulfide) groups is 1. The maximum Gasteiger partial charge on any atom is 0.233 e. The molecule has 2 unspecified atom stereocenters. The van der Waals surface area contributed by atoms with E-state index < -0.39 is 0 Å². The zero-order valence-corrected chi connectivity index (χ0v) is 11.2. The van der Waals surface area contributed by atoms with Crippen LogP contribution in [-0.2, 0) is 4.79 Å². The molecule has 0 spiro atoms. The summed E-state index contributed by atoms with van der Waals surface area (Å²) in [4.78, 5) is 13.5. The molecule has 1 aliphatic rings. The maximum atomic E-state index is 11.6. The quantitative estimate of drug-likeness (QED) is 0.836. The third-order valence-corrected chi connectivity index (χ3v) is 4.45. The number of carbonyl (C=O) groups excluding carboxylic acids is 1. The van der Waals surface area contributed by atoms with Crippen LogP contribution in [-0.4, -0.2) is 28.5 Å². The molecule has 4 heteroatoms. The molecule has 0 N–H and O–H groups in total. The van der Waals surface area contributed by atoms with Gasteiger partial charge in [-0.1, -0.05) is 30.3 Å². The van der Waals surface area contributed by atoms with E-state index in [4.69, 9.17) is 0 Å². The molecule has 1 fully saturated rings. The first-order valence-electron chi connectivity index (χ1n) is 6.12. The van der Waals surface area contributed by atoms with Crippen LogP contribution in [0.2, 0.25) is 0 Å². The predicted octanol–water partition coefficient (Wildman–Crippen LogP) is 2.61. The van der Waals surface area contributed by atoms with E-state index in [1.807, 2.05) is 42.2 Å². The van der Waals surface area contributed by atoms with Crippen molar-refractivity contribution in [2.24, 2.45) is 0 Å². The summed E-state index contributed by atoms with van der Waals surface area (Å²) in [6.45, 7) is 2.71. The highest BCUT2D eigenvalue weighted by Crippen LogP contribution is 2.32. The second-order valence-corrected chi connectivity index (χ2v) is 5.44. The van der Waals surface area contributed by atoms with E-state index in [1.165, 1.54) is 0 Å². The molecule has 94 valence electrons. The minimum atomic E-state index is -0.136. The highest BCUT2D eigenvalue weighted by molar-refractivity contribution is 8.00. The molecule has 1 aliphatic heterocycles. The van der Waals surface area contributed by atoms with Crippen molar-refractivity contribution >= 4 is 17.7 Å². The standard InChI is InChI=1S/C14H16N2OS/c1-2-16-13(17)10-18-14(16)8-12(9-15)11-6-4-3-5-7-11/h3-7,12,14H,2,8,10H2,1H3. The van der Waals surface area contributed by atoms with E-state index in [9.17, 15) is 10.1 Å².